The van der Waals surface area contributed by atoms with Crippen molar-refractivity contribution in [1.82, 2.24) is 10.2 Å². The third kappa shape index (κ3) is 4.20. The topological polar surface area (TPSA) is 102 Å². The summed E-state index contributed by atoms with van der Waals surface area (Å²) in [5, 5.41) is 18.4. The Balaban J connectivity index is 1.57. The standard InChI is InChI=1S/C23H24N4O3/c1-15-11-17(30-23(29)16-7-3-2-4-8-16)14-27(13-15)20-12-19(25-26-22(20)24)18-9-5-6-10-21(18)28/h2-10,12,15,17,28H,11,13-14H2,1H3,(H2,24,26). The zero-order valence-corrected chi connectivity index (χ0v) is 16.7. The Labute approximate surface area is 175 Å². The van der Waals surface area contributed by atoms with Gasteiger partial charge in [0.2, 0.25) is 0 Å². The Bertz CT molecular complexity index is 1040. The molecule has 0 bridgehead atoms. The Morgan fingerprint density at radius 1 is 1.10 bits per heavy atom. The molecule has 30 heavy (non-hydrogen) atoms. The van der Waals surface area contributed by atoms with Crippen LogP contribution < -0.4 is 10.6 Å². The Hall–Kier alpha value is -3.61. The minimum absolute atomic E-state index is 0.129. The van der Waals surface area contributed by atoms with Crippen molar-refractivity contribution < 1.29 is 14.6 Å². The molecule has 1 saturated heterocycles. The van der Waals surface area contributed by atoms with Gasteiger partial charge in [0.1, 0.15) is 11.9 Å². The molecule has 7 nitrogen and oxygen atoms in total. The number of anilines is 2. The first-order chi connectivity index (χ1) is 14.5. The zero-order chi connectivity index (χ0) is 21.1. The number of para-hydroxylation sites is 1. The lowest BCUT2D eigenvalue weighted by Crippen LogP contribution is -2.44. The Kier molecular flexibility index (Phi) is 5.52. The fourth-order valence-electron chi connectivity index (χ4n) is 3.84. The van der Waals surface area contributed by atoms with Gasteiger partial charge in [-0.2, -0.15) is 0 Å². The van der Waals surface area contributed by atoms with Gasteiger partial charge < -0.3 is 20.5 Å². The summed E-state index contributed by atoms with van der Waals surface area (Å²) in [6.07, 6.45) is 0.516. The summed E-state index contributed by atoms with van der Waals surface area (Å²) in [5.74, 6) is 0.402. The SMILES string of the molecule is CC1CC(OC(=O)c2ccccc2)CN(c2cc(-c3ccccc3O)nnc2N)C1. The van der Waals surface area contributed by atoms with Crippen molar-refractivity contribution in [2.75, 3.05) is 23.7 Å². The number of benzene rings is 2. The molecule has 1 aromatic heterocycles. The first-order valence-corrected chi connectivity index (χ1v) is 9.94. The smallest absolute Gasteiger partial charge is 0.338 e. The molecule has 154 valence electrons. The fraction of sp³-hybridized carbons (Fsp3) is 0.261. The maximum absolute atomic E-state index is 12.5. The number of carbonyl (C=O) groups excluding carboxylic acids is 1. The van der Waals surface area contributed by atoms with Crippen LogP contribution in [0.25, 0.3) is 11.3 Å². The molecule has 2 heterocycles. The van der Waals surface area contributed by atoms with Crippen molar-refractivity contribution in [3.8, 4) is 17.0 Å². The average molecular weight is 404 g/mol. The number of hydrogen-bond donors (Lipinski definition) is 2. The third-order valence-corrected chi connectivity index (χ3v) is 5.23. The van der Waals surface area contributed by atoms with Crippen molar-refractivity contribution in [3.63, 3.8) is 0 Å². The molecule has 1 fully saturated rings. The van der Waals surface area contributed by atoms with E-state index >= 15 is 0 Å². The lowest BCUT2D eigenvalue weighted by Gasteiger charge is -2.37. The van der Waals surface area contributed by atoms with E-state index in [9.17, 15) is 9.90 Å². The van der Waals surface area contributed by atoms with Gasteiger partial charge >= 0.3 is 5.97 Å². The minimum atomic E-state index is -0.328. The van der Waals surface area contributed by atoms with Crippen LogP contribution in [-0.4, -0.2) is 40.5 Å². The van der Waals surface area contributed by atoms with Crippen LogP contribution in [0.15, 0.2) is 60.7 Å². The molecule has 0 spiro atoms. The highest BCUT2D eigenvalue weighted by atomic mass is 16.5. The van der Waals surface area contributed by atoms with Gasteiger partial charge in [-0.05, 0) is 42.7 Å². The van der Waals surface area contributed by atoms with Gasteiger partial charge in [0.15, 0.2) is 5.82 Å². The number of rotatable bonds is 4. The highest BCUT2D eigenvalue weighted by molar-refractivity contribution is 5.89. The fourth-order valence-corrected chi connectivity index (χ4v) is 3.84. The van der Waals surface area contributed by atoms with Gasteiger partial charge in [-0.15, -0.1) is 10.2 Å². The molecule has 0 radical (unpaired) electrons. The highest BCUT2D eigenvalue weighted by Crippen LogP contribution is 2.33. The van der Waals surface area contributed by atoms with Gasteiger partial charge in [0.05, 0.1) is 23.5 Å². The molecule has 2 atom stereocenters. The minimum Gasteiger partial charge on any atom is -0.507 e. The quantitative estimate of drug-likeness (QED) is 0.642. The molecule has 2 aromatic carbocycles. The molecule has 2 unspecified atom stereocenters. The zero-order valence-electron chi connectivity index (χ0n) is 16.7. The van der Waals surface area contributed by atoms with Crippen LogP contribution in [0, 0.1) is 5.92 Å². The maximum Gasteiger partial charge on any atom is 0.338 e. The summed E-state index contributed by atoms with van der Waals surface area (Å²) in [7, 11) is 0. The predicted molar refractivity (Wildman–Crippen MR) is 115 cm³/mol. The third-order valence-electron chi connectivity index (χ3n) is 5.23. The second-order valence-electron chi connectivity index (χ2n) is 7.66. The van der Waals surface area contributed by atoms with E-state index < -0.39 is 0 Å². The van der Waals surface area contributed by atoms with E-state index in [1.165, 1.54) is 0 Å². The number of carbonyl (C=O) groups is 1. The van der Waals surface area contributed by atoms with Gasteiger partial charge in [-0.25, -0.2) is 4.79 Å². The summed E-state index contributed by atoms with van der Waals surface area (Å²) in [4.78, 5) is 14.6. The molecular formula is C23H24N4O3. The number of ether oxygens (including phenoxy) is 1. The van der Waals surface area contributed by atoms with Gasteiger partial charge in [0.25, 0.3) is 0 Å². The molecule has 1 aliphatic rings. The number of aromatic nitrogens is 2. The van der Waals surface area contributed by atoms with E-state index in [4.69, 9.17) is 10.5 Å². The summed E-state index contributed by atoms with van der Waals surface area (Å²) >= 11 is 0. The number of nitrogens with two attached hydrogens (primary N) is 1. The lowest BCUT2D eigenvalue weighted by molar-refractivity contribution is 0.0228. The van der Waals surface area contributed by atoms with E-state index in [1.807, 2.05) is 30.3 Å². The first-order valence-electron chi connectivity index (χ1n) is 9.94. The van der Waals surface area contributed by atoms with E-state index in [1.54, 1.807) is 30.3 Å². The first kappa shape index (κ1) is 19.7. The molecule has 1 aliphatic heterocycles. The molecular weight excluding hydrogens is 380 g/mol. The van der Waals surface area contributed by atoms with E-state index in [2.05, 4.69) is 22.0 Å². The molecule has 0 amide bonds. The Morgan fingerprint density at radius 3 is 2.60 bits per heavy atom. The van der Waals surface area contributed by atoms with Crippen LogP contribution in [0.5, 0.6) is 5.75 Å². The van der Waals surface area contributed by atoms with Crippen LogP contribution in [0.2, 0.25) is 0 Å². The summed E-state index contributed by atoms with van der Waals surface area (Å²) in [6, 6.07) is 17.8. The van der Waals surface area contributed by atoms with E-state index in [0.717, 1.165) is 18.7 Å². The van der Waals surface area contributed by atoms with Crippen LogP contribution in [0.3, 0.4) is 0 Å². The van der Waals surface area contributed by atoms with Crippen molar-refractivity contribution in [3.05, 3.63) is 66.2 Å². The second kappa shape index (κ2) is 8.41. The summed E-state index contributed by atoms with van der Waals surface area (Å²) in [5.41, 5.74) is 8.51. The predicted octanol–water partition coefficient (Wildman–Crippen LogP) is 3.50. The molecule has 3 N–H and O–H groups in total. The van der Waals surface area contributed by atoms with E-state index in [-0.39, 0.29) is 17.8 Å². The number of aromatic hydroxyl groups is 1. The number of nitrogens with zero attached hydrogens (tertiary/aromatic N) is 3. The molecule has 7 heteroatoms. The van der Waals surface area contributed by atoms with Crippen molar-refractivity contribution in [2.24, 2.45) is 5.92 Å². The Morgan fingerprint density at radius 2 is 1.83 bits per heavy atom. The normalized spacial score (nSPS) is 18.8. The molecule has 0 saturated carbocycles. The summed E-state index contributed by atoms with van der Waals surface area (Å²) < 4.78 is 5.78. The largest absolute Gasteiger partial charge is 0.507 e. The van der Waals surface area contributed by atoms with E-state index in [0.29, 0.717) is 35.1 Å². The highest BCUT2D eigenvalue weighted by Gasteiger charge is 2.29. The molecule has 0 aliphatic carbocycles. The van der Waals surface area contributed by atoms with Crippen LogP contribution in [-0.2, 0) is 4.74 Å². The van der Waals surface area contributed by atoms with Crippen LogP contribution in [0.1, 0.15) is 23.7 Å². The van der Waals surface area contributed by atoms with Crippen molar-refractivity contribution >= 4 is 17.5 Å². The number of esters is 1. The molecule has 4 rings (SSSR count). The van der Waals surface area contributed by atoms with Gasteiger partial charge in [-0.3, -0.25) is 0 Å². The molecule has 3 aromatic rings. The maximum atomic E-state index is 12.5. The number of phenols is 1. The number of phenolic OH excluding ortho intramolecular Hbond substituents is 1. The van der Waals surface area contributed by atoms with Crippen molar-refractivity contribution in [2.45, 2.75) is 19.4 Å². The second-order valence-corrected chi connectivity index (χ2v) is 7.66. The lowest BCUT2D eigenvalue weighted by atomic mass is 9.97. The monoisotopic (exact) mass is 404 g/mol. The van der Waals surface area contributed by atoms with Crippen molar-refractivity contribution in [1.29, 1.82) is 0 Å². The van der Waals surface area contributed by atoms with Crippen LogP contribution >= 0.6 is 0 Å². The number of nitrogen functional groups attached to an aromatic ring is 1. The number of piperidine rings is 1. The van der Waals surface area contributed by atoms with Gasteiger partial charge in [0, 0.05) is 12.1 Å². The average Bonchev–Trinajstić information content (AvgIpc) is 2.75. The summed E-state index contributed by atoms with van der Waals surface area (Å²) in [6.45, 7) is 3.39. The van der Waals surface area contributed by atoms with Gasteiger partial charge in [-0.1, -0.05) is 37.3 Å². The number of hydrogen-bond acceptors (Lipinski definition) is 7. The van der Waals surface area contributed by atoms with Crippen LogP contribution in [0.4, 0.5) is 11.5 Å².